The van der Waals surface area contributed by atoms with E-state index in [9.17, 15) is 9.59 Å². The van der Waals surface area contributed by atoms with Crippen LogP contribution in [-0.4, -0.2) is 30.3 Å². The van der Waals surface area contributed by atoms with Crippen LogP contribution in [0, 0.1) is 0 Å². The Balaban J connectivity index is 2.89. The fourth-order valence-electron chi connectivity index (χ4n) is 1.30. The monoisotopic (exact) mass is 220 g/mol. The normalized spacial score (nSPS) is 9.69. The molecule has 0 aromatic heterocycles. The van der Waals surface area contributed by atoms with Gasteiger partial charge in [-0.3, -0.25) is 9.59 Å². The standard InChI is InChI=1S/C12H16N2O2/c1-4-14(3)12(16)10-6-5-7-11(8-10)13-9(2)15/h5-8H,4H2,1-3H3,(H,13,15). The molecule has 0 aliphatic carbocycles. The average molecular weight is 220 g/mol. The van der Waals surface area contributed by atoms with Gasteiger partial charge in [0, 0.05) is 31.8 Å². The van der Waals surface area contributed by atoms with Crippen molar-refractivity contribution in [1.82, 2.24) is 4.90 Å². The van der Waals surface area contributed by atoms with Gasteiger partial charge in [0.15, 0.2) is 0 Å². The predicted molar refractivity (Wildman–Crippen MR) is 63.4 cm³/mol. The second kappa shape index (κ2) is 5.30. The molecule has 0 fully saturated rings. The molecule has 1 aromatic carbocycles. The third-order valence-corrected chi connectivity index (χ3v) is 2.25. The molecule has 0 aliphatic heterocycles. The zero-order chi connectivity index (χ0) is 12.1. The largest absolute Gasteiger partial charge is 0.342 e. The van der Waals surface area contributed by atoms with E-state index in [0.29, 0.717) is 17.8 Å². The number of anilines is 1. The van der Waals surface area contributed by atoms with E-state index in [4.69, 9.17) is 0 Å². The zero-order valence-electron chi connectivity index (χ0n) is 9.78. The molecule has 0 atom stereocenters. The van der Waals surface area contributed by atoms with E-state index >= 15 is 0 Å². The number of benzene rings is 1. The quantitative estimate of drug-likeness (QED) is 0.843. The van der Waals surface area contributed by atoms with Crippen molar-refractivity contribution in [2.75, 3.05) is 18.9 Å². The lowest BCUT2D eigenvalue weighted by Gasteiger charge is -2.14. The molecule has 2 amide bonds. The molecule has 4 nitrogen and oxygen atoms in total. The first-order chi connectivity index (χ1) is 7.54. The molecular formula is C12H16N2O2. The molecule has 0 saturated carbocycles. The van der Waals surface area contributed by atoms with Crippen LogP contribution in [0.2, 0.25) is 0 Å². The number of carbonyl (C=O) groups is 2. The Bertz CT molecular complexity index is 402. The maximum atomic E-state index is 11.8. The summed E-state index contributed by atoms with van der Waals surface area (Å²) in [5.41, 5.74) is 1.22. The Morgan fingerprint density at radius 2 is 2.06 bits per heavy atom. The average Bonchev–Trinajstić information content (AvgIpc) is 2.26. The van der Waals surface area contributed by atoms with E-state index < -0.39 is 0 Å². The van der Waals surface area contributed by atoms with Crippen molar-refractivity contribution >= 4 is 17.5 Å². The van der Waals surface area contributed by atoms with Crippen LogP contribution in [0.5, 0.6) is 0 Å². The summed E-state index contributed by atoms with van der Waals surface area (Å²) in [7, 11) is 1.74. The number of hydrogen-bond acceptors (Lipinski definition) is 2. The Labute approximate surface area is 95.3 Å². The number of nitrogens with one attached hydrogen (secondary N) is 1. The molecule has 0 heterocycles. The third-order valence-electron chi connectivity index (χ3n) is 2.25. The van der Waals surface area contributed by atoms with Gasteiger partial charge in [0.05, 0.1) is 0 Å². The molecule has 0 bridgehead atoms. The van der Waals surface area contributed by atoms with Crippen LogP contribution < -0.4 is 5.32 Å². The highest BCUT2D eigenvalue weighted by Gasteiger charge is 2.10. The highest BCUT2D eigenvalue weighted by molar-refractivity contribution is 5.96. The number of amides is 2. The molecule has 0 radical (unpaired) electrons. The van der Waals surface area contributed by atoms with Gasteiger partial charge in [-0.2, -0.15) is 0 Å². The lowest BCUT2D eigenvalue weighted by molar-refractivity contribution is -0.114. The Morgan fingerprint density at radius 1 is 1.38 bits per heavy atom. The van der Waals surface area contributed by atoms with Crippen molar-refractivity contribution in [3.8, 4) is 0 Å². The summed E-state index contributed by atoms with van der Waals surface area (Å²) in [4.78, 5) is 24.3. The van der Waals surface area contributed by atoms with Crippen molar-refractivity contribution in [1.29, 1.82) is 0 Å². The van der Waals surface area contributed by atoms with Gasteiger partial charge in [-0.1, -0.05) is 6.07 Å². The van der Waals surface area contributed by atoms with Crippen LogP contribution in [0.15, 0.2) is 24.3 Å². The molecular weight excluding hydrogens is 204 g/mol. The summed E-state index contributed by atoms with van der Waals surface area (Å²) >= 11 is 0. The minimum Gasteiger partial charge on any atom is -0.342 e. The van der Waals surface area contributed by atoms with Crippen LogP contribution in [0.4, 0.5) is 5.69 Å². The molecule has 0 saturated heterocycles. The van der Waals surface area contributed by atoms with Crippen molar-refractivity contribution in [2.45, 2.75) is 13.8 Å². The smallest absolute Gasteiger partial charge is 0.253 e. The lowest BCUT2D eigenvalue weighted by atomic mass is 10.2. The fourth-order valence-corrected chi connectivity index (χ4v) is 1.30. The summed E-state index contributed by atoms with van der Waals surface area (Å²) in [6.45, 7) is 4.01. The van der Waals surface area contributed by atoms with E-state index in [2.05, 4.69) is 5.32 Å². The van der Waals surface area contributed by atoms with Crippen LogP contribution in [0.25, 0.3) is 0 Å². The van der Waals surface area contributed by atoms with E-state index in [0.717, 1.165) is 0 Å². The zero-order valence-corrected chi connectivity index (χ0v) is 9.78. The molecule has 1 rings (SSSR count). The molecule has 4 heteroatoms. The van der Waals surface area contributed by atoms with Gasteiger partial charge in [0.25, 0.3) is 5.91 Å². The maximum Gasteiger partial charge on any atom is 0.253 e. The van der Waals surface area contributed by atoms with Crippen LogP contribution in [0.3, 0.4) is 0 Å². The molecule has 0 aliphatic rings. The van der Waals surface area contributed by atoms with Crippen LogP contribution in [-0.2, 0) is 4.79 Å². The van der Waals surface area contributed by atoms with Crippen LogP contribution in [0.1, 0.15) is 24.2 Å². The highest BCUT2D eigenvalue weighted by Crippen LogP contribution is 2.12. The summed E-state index contributed by atoms with van der Waals surface area (Å²) in [6.07, 6.45) is 0. The number of hydrogen-bond donors (Lipinski definition) is 1. The predicted octanol–water partition coefficient (Wildman–Crippen LogP) is 1.74. The van der Waals surface area contributed by atoms with Gasteiger partial charge >= 0.3 is 0 Å². The molecule has 0 spiro atoms. The van der Waals surface area contributed by atoms with Crippen molar-refractivity contribution in [2.24, 2.45) is 0 Å². The van der Waals surface area contributed by atoms with Gasteiger partial charge in [0.2, 0.25) is 5.91 Å². The van der Waals surface area contributed by atoms with Crippen LogP contribution >= 0.6 is 0 Å². The van der Waals surface area contributed by atoms with E-state index in [1.165, 1.54) is 6.92 Å². The summed E-state index contributed by atoms with van der Waals surface area (Å²) in [6, 6.07) is 6.92. The van der Waals surface area contributed by atoms with Gasteiger partial charge in [-0.15, -0.1) is 0 Å². The second-order valence-electron chi connectivity index (χ2n) is 3.58. The molecule has 0 unspecified atom stereocenters. The summed E-state index contributed by atoms with van der Waals surface area (Å²) < 4.78 is 0. The first-order valence-electron chi connectivity index (χ1n) is 5.17. The molecule has 86 valence electrons. The number of nitrogens with zero attached hydrogens (tertiary/aromatic N) is 1. The first-order valence-corrected chi connectivity index (χ1v) is 5.17. The summed E-state index contributed by atoms with van der Waals surface area (Å²) in [5, 5.41) is 2.65. The SMILES string of the molecule is CCN(C)C(=O)c1cccc(NC(C)=O)c1. The first kappa shape index (κ1) is 12.2. The molecule has 1 aromatic rings. The van der Waals surface area contributed by atoms with E-state index in [-0.39, 0.29) is 11.8 Å². The topological polar surface area (TPSA) is 49.4 Å². The minimum absolute atomic E-state index is 0.0466. The van der Waals surface area contributed by atoms with Crippen molar-refractivity contribution < 1.29 is 9.59 Å². The number of rotatable bonds is 3. The number of carbonyl (C=O) groups excluding carboxylic acids is 2. The Morgan fingerprint density at radius 3 is 2.62 bits per heavy atom. The molecule has 1 N–H and O–H groups in total. The second-order valence-corrected chi connectivity index (χ2v) is 3.58. The van der Waals surface area contributed by atoms with Gasteiger partial charge in [-0.05, 0) is 25.1 Å². The maximum absolute atomic E-state index is 11.8. The van der Waals surface area contributed by atoms with Crippen molar-refractivity contribution in [3.05, 3.63) is 29.8 Å². The minimum atomic E-state index is -0.145. The van der Waals surface area contributed by atoms with Gasteiger partial charge in [0.1, 0.15) is 0 Å². The van der Waals surface area contributed by atoms with Crippen molar-refractivity contribution in [3.63, 3.8) is 0 Å². The lowest BCUT2D eigenvalue weighted by Crippen LogP contribution is -2.26. The Kier molecular flexibility index (Phi) is 4.05. The summed E-state index contributed by atoms with van der Waals surface area (Å²) in [5.74, 6) is -0.192. The molecule has 16 heavy (non-hydrogen) atoms. The third kappa shape index (κ3) is 3.08. The Hall–Kier alpha value is -1.84. The van der Waals surface area contributed by atoms with Gasteiger partial charge in [-0.25, -0.2) is 0 Å². The fraction of sp³-hybridized carbons (Fsp3) is 0.333. The van der Waals surface area contributed by atoms with Gasteiger partial charge < -0.3 is 10.2 Å². The van der Waals surface area contributed by atoms with E-state index in [1.807, 2.05) is 6.92 Å². The highest BCUT2D eigenvalue weighted by atomic mass is 16.2. The van der Waals surface area contributed by atoms with E-state index in [1.54, 1.807) is 36.2 Å².